The van der Waals surface area contributed by atoms with E-state index in [9.17, 15) is 4.79 Å². The maximum Gasteiger partial charge on any atom is 0.217 e. The van der Waals surface area contributed by atoms with Gasteiger partial charge in [-0.15, -0.1) is 0 Å². The molecule has 1 atom stereocenters. The highest BCUT2D eigenvalue weighted by Gasteiger charge is 2.05. The zero-order valence-electron chi connectivity index (χ0n) is 11.6. The summed E-state index contributed by atoms with van der Waals surface area (Å²) in [5.41, 5.74) is 9.06. The number of nitrogens with two attached hydrogens (primary N) is 1. The molecule has 18 heavy (non-hydrogen) atoms. The lowest BCUT2D eigenvalue weighted by Crippen LogP contribution is -2.20. The average Bonchev–Trinajstić information content (AvgIpc) is 2.31. The number of carbonyl (C=O) groups excluding carboxylic acids is 1. The molecule has 0 aliphatic carbocycles. The summed E-state index contributed by atoms with van der Waals surface area (Å²) in [6.45, 7) is 7.35. The molecule has 3 heteroatoms. The van der Waals surface area contributed by atoms with Crippen LogP contribution in [-0.4, -0.2) is 12.5 Å². The van der Waals surface area contributed by atoms with E-state index in [1.165, 1.54) is 16.7 Å². The molecule has 3 N–H and O–H groups in total. The molecule has 0 fully saturated rings. The number of hydrogen-bond acceptors (Lipinski definition) is 2. The van der Waals surface area contributed by atoms with Gasteiger partial charge in [-0.25, -0.2) is 0 Å². The summed E-state index contributed by atoms with van der Waals surface area (Å²) in [4.78, 5) is 10.6. The Morgan fingerprint density at radius 1 is 1.28 bits per heavy atom. The van der Waals surface area contributed by atoms with Crippen LogP contribution in [0, 0.1) is 13.8 Å². The molecule has 0 aliphatic rings. The highest BCUT2D eigenvalue weighted by atomic mass is 16.1. The lowest BCUT2D eigenvalue weighted by molar-refractivity contribution is -0.118. The summed E-state index contributed by atoms with van der Waals surface area (Å²) >= 11 is 0. The van der Waals surface area contributed by atoms with Crippen LogP contribution >= 0.6 is 0 Å². The fourth-order valence-electron chi connectivity index (χ4n) is 1.89. The molecule has 0 aromatic heterocycles. The van der Waals surface area contributed by atoms with Crippen molar-refractivity contribution in [3.63, 3.8) is 0 Å². The molecule has 0 saturated carbocycles. The minimum Gasteiger partial charge on any atom is -0.370 e. The van der Waals surface area contributed by atoms with Crippen molar-refractivity contribution in [2.24, 2.45) is 5.73 Å². The third-order valence-electron chi connectivity index (χ3n) is 3.33. The minimum absolute atomic E-state index is 0.211. The first-order valence-electron chi connectivity index (χ1n) is 6.59. The molecule has 0 bridgehead atoms. The van der Waals surface area contributed by atoms with Crippen molar-refractivity contribution in [3.05, 3.63) is 34.9 Å². The van der Waals surface area contributed by atoms with Gasteiger partial charge in [-0.3, -0.25) is 4.79 Å². The SMILES string of the molecule is Cc1ccc(C(C)NCCCCC(N)=O)cc1C. The van der Waals surface area contributed by atoms with E-state index >= 15 is 0 Å². The van der Waals surface area contributed by atoms with Gasteiger partial charge in [0.25, 0.3) is 0 Å². The van der Waals surface area contributed by atoms with Gasteiger partial charge >= 0.3 is 0 Å². The molecule has 0 spiro atoms. The standard InChI is InChI=1S/C15H24N2O/c1-11-7-8-14(10-12(11)2)13(3)17-9-5-4-6-15(16)18/h7-8,10,13,17H,4-6,9H2,1-3H3,(H2,16,18). The van der Waals surface area contributed by atoms with Gasteiger partial charge < -0.3 is 11.1 Å². The van der Waals surface area contributed by atoms with Crippen molar-refractivity contribution >= 4 is 5.91 Å². The first-order chi connectivity index (χ1) is 8.50. The molecular weight excluding hydrogens is 224 g/mol. The summed E-state index contributed by atoms with van der Waals surface area (Å²) in [6.07, 6.45) is 2.33. The molecule has 1 unspecified atom stereocenters. The molecule has 0 radical (unpaired) electrons. The number of primary amides is 1. The summed E-state index contributed by atoms with van der Waals surface area (Å²) in [6, 6.07) is 6.91. The zero-order chi connectivity index (χ0) is 13.5. The van der Waals surface area contributed by atoms with Gasteiger partial charge in [-0.05, 0) is 56.8 Å². The molecule has 0 heterocycles. The zero-order valence-corrected chi connectivity index (χ0v) is 11.6. The summed E-state index contributed by atoms with van der Waals surface area (Å²) < 4.78 is 0. The molecule has 1 aromatic rings. The number of rotatable bonds is 7. The Kier molecular flexibility index (Phi) is 5.86. The number of carbonyl (C=O) groups is 1. The second-order valence-electron chi connectivity index (χ2n) is 4.94. The van der Waals surface area contributed by atoms with Crippen molar-refractivity contribution in [1.29, 1.82) is 0 Å². The van der Waals surface area contributed by atoms with Crippen LogP contribution in [-0.2, 0) is 4.79 Å². The van der Waals surface area contributed by atoms with Crippen LogP contribution in [0.25, 0.3) is 0 Å². The smallest absolute Gasteiger partial charge is 0.217 e. The summed E-state index contributed by atoms with van der Waals surface area (Å²) in [5, 5.41) is 3.47. The third-order valence-corrected chi connectivity index (χ3v) is 3.33. The fraction of sp³-hybridized carbons (Fsp3) is 0.533. The first kappa shape index (κ1) is 14.7. The van der Waals surface area contributed by atoms with Gasteiger partial charge in [-0.1, -0.05) is 18.2 Å². The lowest BCUT2D eigenvalue weighted by Gasteiger charge is -2.15. The van der Waals surface area contributed by atoms with E-state index in [0.717, 1.165) is 19.4 Å². The lowest BCUT2D eigenvalue weighted by atomic mass is 10.0. The molecule has 1 amide bonds. The van der Waals surface area contributed by atoms with E-state index in [1.54, 1.807) is 0 Å². The van der Waals surface area contributed by atoms with Crippen LogP contribution < -0.4 is 11.1 Å². The third kappa shape index (κ3) is 4.88. The number of aryl methyl sites for hydroxylation is 2. The Balaban J connectivity index is 2.34. The molecule has 1 rings (SSSR count). The van der Waals surface area contributed by atoms with E-state index < -0.39 is 0 Å². The monoisotopic (exact) mass is 248 g/mol. The maximum absolute atomic E-state index is 10.6. The Labute approximate surface area is 110 Å². The van der Waals surface area contributed by atoms with Crippen LogP contribution in [0.3, 0.4) is 0 Å². The van der Waals surface area contributed by atoms with Gasteiger partial charge in [0, 0.05) is 12.5 Å². The number of benzene rings is 1. The molecule has 0 saturated heterocycles. The largest absolute Gasteiger partial charge is 0.370 e. The molecular formula is C15H24N2O. The van der Waals surface area contributed by atoms with Gasteiger partial charge in [0.2, 0.25) is 5.91 Å². The van der Waals surface area contributed by atoms with E-state index in [1.807, 2.05) is 0 Å². The number of amides is 1. The van der Waals surface area contributed by atoms with Gasteiger partial charge in [-0.2, -0.15) is 0 Å². The number of hydrogen-bond donors (Lipinski definition) is 2. The Bertz CT molecular complexity index is 401. The Morgan fingerprint density at radius 3 is 2.61 bits per heavy atom. The Morgan fingerprint density at radius 2 is 2.00 bits per heavy atom. The second kappa shape index (κ2) is 7.17. The van der Waals surface area contributed by atoms with Crippen molar-refractivity contribution in [3.8, 4) is 0 Å². The first-order valence-corrected chi connectivity index (χ1v) is 6.59. The van der Waals surface area contributed by atoms with Crippen molar-refractivity contribution in [2.75, 3.05) is 6.54 Å². The van der Waals surface area contributed by atoms with Crippen molar-refractivity contribution in [2.45, 2.75) is 46.1 Å². The number of unbranched alkanes of at least 4 members (excludes halogenated alkanes) is 1. The normalized spacial score (nSPS) is 12.4. The average molecular weight is 248 g/mol. The van der Waals surface area contributed by atoms with Crippen molar-refractivity contribution < 1.29 is 4.79 Å². The predicted molar refractivity (Wildman–Crippen MR) is 75.4 cm³/mol. The van der Waals surface area contributed by atoms with Crippen LogP contribution in [0.15, 0.2) is 18.2 Å². The quantitative estimate of drug-likeness (QED) is 0.729. The molecule has 3 nitrogen and oxygen atoms in total. The highest BCUT2D eigenvalue weighted by Crippen LogP contribution is 2.16. The van der Waals surface area contributed by atoms with E-state index in [-0.39, 0.29) is 5.91 Å². The van der Waals surface area contributed by atoms with Crippen LogP contribution in [0.1, 0.15) is 48.9 Å². The van der Waals surface area contributed by atoms with Crippen LogP contribution in [0.4, 0.5) is 0 Å². The second-order valence-corrected chi connectivity index (χ2v) is 4.94. The van der Waals surface area contributed by atoms with E-state index in [4.69, 9.17) is 5.73 Å². The minimum atomic E-state index is -0.211. The number of nitrogens with one attached hydrogen (secondary N) is 1. The molecule has 0 aliphatic heterocycles. The van der Waals surface area contributed by atoms with Crippen molar-refractivity contribution in [1.82, 2.24) is 5.32 Å². The van der Waals surface area contributed by atoms with E-state index in [0.29, 0.717) is 12.5 Å². The maximum atomic E-state index is 10.6. The molecule has 1 aromatic carbocycles. The van der Waals surface area contributed by atoms with Crippen LogP contribution in [0.5, 0.6) is 0 Å². The van der Waals surface area contributed by atoms with Gasteiger partial charge in [0.05, 0.1) is 0 Å². The topological polar surface area (TPSA) is 55.1 Å². The van der Waals surface area contributed by atoms with E-state index in [2.05, 4.69) is 44.3 Å². The predicted octanol–water partition coefficient (Wildman–Crippen LogP) is 2.61. The van der Waals surface area contributed by atoms with Crippen LogP contribution in [0.2, 0.25) is 0 Å². The fourth-order valence-corrected chi connectivity index (χ4v) is 1.89. The highest BCUT2D eigenvalue weighted by molar-refractivity contribution is 5.73. The van der Waals surface area contributed by atoms with Gasteiger partial charge in [0.15, 0.2) is 0 Å². The molecule has 100 valence electrons. The summed E-state index contributed by atoms with van der Waals surface area (Å²) in [5.74, 6) is -0.211. The summed E-state index contributed by atoms with van der Waals surface area (Å²) in [7, 11) is 0. The Hall–Kier alpha value is -1.35. The van der Waals surface area contributed by atoms with Gasteiger partial charge in [0.1, 0.15) is 0 Å².